The van der Waals surface area contributed by atoms with Gasteiger partial charge in [0.25, 0.3) is 0 Å². The van der Waals surface area contributed by atoms with Crippen molar-refractivity contribution in [2.75, 3.05) is 19.7 Å². The number of piperidine rings is 1. The number of phenolic OH excluding ortho intramolecular Hbond substituents is 1. The molecule has 1 spiro atoms. The number of aliphatic hydroxyl groups is 1. The number of phenols is 1. The van der Waals surface area contributed by atoms with Crippen LogP contribution in [-0.4, -0.2) is 41.8 Å². The van der Waals surface area contributed by atoms with Gasteiger partial charge in [-0.05, 0) is 153 Å². The first-order chi connectivity index (χ1) is 26.9. The van der Waals surface area contributed by atoms with Crippen molar-refractivity contribution in [3.8, 4) is 16.9 Å². The van der Waals surface area contributed by atoms with Gasteiger partial charge in [0.05, 0.1) is 11.0 Å². The fourth-order valence-electron chi connectivity index (χ4n) is 11.3. The molecular weight excluding hydrogens is 687 g/mol. The molecule has 6 atom stereocenters. The van der Waals surface area contributed by atoms with Crippen LogP contribution < -0.4 is 5.32 Å². The minimum atomic E-state index is -0.840. The van der Waals surface area contributed by atoms with Crippen LogP contribution in [0.3, 0.4) is 0 Å². The Hall–Kier alpha value is -4.72. The van der Waals surface area contributed by atoms with Crippen molar-refractivity contribution in [3.05, 3.63) is 130 Å². The molecular formula is C48H51NO6. The summed E-state index contributed by atoms with van der Waals surface area (Å²) < 4.78 is 12.7. The predicted molar refractivity (Wildman–Crippen MR) is 212 cm³/mol. The molecule has 3 aromatic carbocycles. The second-order valence-electron chi connectivity index (χ2n) is 16.6. The molecule has 3 fully saturated rings. The fraction of sp³-hybridized carbons (Fsp3) is 0.417. The number of hydrogen-bond donors (Lipinski definition) is 3. The summed E-state index contributed by atoms with van der Waals surface area (Å²) in [7, 11) is 0. The highest BCUT2D eigenvalue weighted by molar-refractivity contribution is 6.07. The van der Waals surface area contributed by atoms with Gasteiger partial charge in [-0.15, -0.1) is 0 Å². The fourth-order valence-corrected chi connectivity index (χ4v) is 11.3. The second-order valence-corrected chi connectivity index (χ2v) is 16.6. The molecule has 0 aromatic heterocycles. The van der Waals surface area contributed by atoms with Gasteiger partial charge >= 0.3 is 11.9 Å². The highest BCUT2D eigenvalue weighted by Crippen LogP contribution is 2.72. The molecule has 7 aliphatic rings. The van der Waals surface area contributed by atoms with E-state index in [1.807, 2.05) is 36.4 Å². The number of ether oxygens (including phenoxy) is 2. The average Bonchev–Trinajstić information content (AvgIpc) is 3.71. The SMILES string of the molecule is CCC(C=C1OC(=O)C2=C(c3cc(O)ccc3-c3ccccc3)C3CCC12C1C2=C(CCC31)C(=CCC(CO)C1CCNCC1)OC2=O)Cc1ccccc1. The van der Waals surface area contributed by atoms with Crippen LogP contribution in [0.25, 0.3) is 16.7 Å². The monoisotopic (exact) mass is 737 g/mol. The molecule has 2 bridgehead atoms. The van der Waals surface area contributed by atoms with Gasteiger partial charge in [-0.25, -0.2) is 9.59 Å². The number of carbonyl (C=O) groups excluding carboxylic acids is 2. The number of nitrogens with one attached hydrogen (secondary N) is 1. The molecule has 6 unspecified atom stereocenters. The number of rotatable bonds is 10. The van der Waals surface area contributed by atoms with Gasteiger partial charge in [0.1, 0.15) is 17.3 Å². The quantitative estimate of drug-likeness (QED) is 0.179. The van der Waals surface area contributed by atoms with Crippen LogP contribution in [0.1, 0.15) is 69.4 Å². The molecule has 284 valence electrons. The number of aromatic hydroxyl groups is 1. The molecule has 2 saturated heterocycles. The van der Waals surface area contributed by atoms with Crippen molar-refractivity contribution in [2.24, 2.45) is 40.9 Å². The van der Waals surface area contributed by atoms with Crippen LogP contribution in [0.2, 0.25) is 0 Å². The number of cyclic esters (lactones) is 2. The number of carbonyl (C=O) groups is 2. The summed E-state index contributed by atoms with van der Waals surface area (Å²) >= 11 is 0. The van der Waals surface area contributed by atoms with E-state index in [4.69, 9.17) is 9.47 Å². The van der Waals surface area contributed by atoms with Gasteiger partial charge in [0.2, 0.25) is 0 Å². The van der Waals surface area contributed by atoms with E-state index >= 15 is 0 Å². The van der Waals surface area contributed by atoms with Crippen LogP contribution >= 0.6 is 0 Å². The van der Waals surface area contributed by atoms with E-state index in [1.54, 1.807) is 6.07 Å². The number of fused-ring (bicyclic) bond motifs is 1. The minimum Gasteiger partial charge on any atom is -0.508 e. The van der Waals surface area contributed by atoms with Crippen LogP contribution in [0, 0.1) is 40.9 Å². The largest absolute Gasteiger partial charge is 0.508 e. The van der Waals surface area contributed by atoms with Crippen molar-refractivity contribution in [1.82, 2.24) is 5.32 Å². The lowest BCUT2D eigenvalue weighted by Crippen LogP contribution is -2.52. The molecule has 3 aromatic rings. The average molecular weight is 738 g/mol. The maximum atomic E-state index is 14.7. The topological polar surface area (TPSA) is 105 Å². The Morgan fingerprint density at radius 2 is 1.65 bits per heavy atom. The number of aliphatic hydroxyl groups excluding tert-OH is 1. The van der Waals surface area contributed by atoms with Gasteiger partial charge in [-0.3, -0.25) is 0 Å². The summed E-state index contributed by atoms with van der Waals surface area (Å²) in [6.07, 6.45) is 11.8. The van der Waals surface area contributed by atoms with Crippen molar-refractivity contribution in [2.45, 2.75) is 64.7 Å². The Labute approximate surface area is 323 Å². The van der Waals surface area contributed by atoms with Crippen molar-refractivity contribution in [1.29, 1.82) is 0 Å². The number of benzene rings is 3. The summed E-state index contributed by atoms with van der Waals surface area (Å²) in [6, 6.07) is 26.1. The zero-order chi connectivity index (χ0) is 37.7. The molecule has 0 amide bonds. The first kappa shape index (κ1) is 35.9. The zero-order valence-electron chi connectivity index (χ0n) is 31.6. The Morgan fingerprint density at radius 1 is 0.891 bits per heavy atom. The Balaban J connectivity index is 1.20. The summed E-state index contributed by atoms with van der Waals surface area (Å²) in [6.45, 7) is 4.21. The molecule has 4 aliphatic carbocycles. The maximum Gasteiger partial charge on any atom is 0.340 e. The van der Waals surface area contributed by atoms with E-state index in [0.29, 0.717) is 47.8 Å². The highest BCUT2D eigenvalue weighted by atomic mass is 16.5. The van der Waals surface area contributed by atoms with Gasteiger partial charge in [-0.1, -0.05) is 73.7 Å². The molecule has 7 heteroatoms. The molecule has 3 N–H and O–H groups in total. The normalized spacial score (nSPS) is 28.6. The lowest BCUT2D eigenvalue weighted by Gasteiger charge is -2.56. The summed E-state index contributed by atoms with van der Waals surface area (Å²) in [5.74, 6) is 1.29. The van der Waals surface area contributed by atoms with Gasteiger partial charge < -0.3 is 25.0 Å². The maximum absolute atomic E-state index is 14.7. The minimum absolute atomic E-state index is 0.00196. The van der Waals surface area contributed by atoms with Crippen LogP contribution in [0.5, 0.6) is 5.75 Å². The Morgan fingerprint density at radius 3 is 2.40 bits per heavy atom. The number of allylic oxidation sites excluding steroid dienone is 5. The molecule has 10 rings (SSSR count). The van der Waals surface area contributed by atoms with E-state index in [9.17, 15) is 19.8 Å². The summed E-state index contributed by atoms with van der Waals surface area (Å²) in [5, 5.41) is 24.8. The van der Waals surface area contributed by atoms with E-state index in [2.05, 4.69) is 60.8 Å². The molecule has 3 aliphatic heterocycles. The molecule has 55 heavy (non-hydrogen) atoms. The predicted octanol–water partition coefficient (Wildman–Crippen LogP) is 8.69. The molecule has 7 nitrogen and oxygen atoms in total. The third-order valence-electron chi connectivity index (χ3n) is 13.9. The number of hydrogen-bond acceptors (Lipinski definition) is 7. The van der Waals surface area contributed by atoms with E-state index in [-0.39, 0.29) is 53.9 Å². The van der Waals surface area contributed by atoms with Crippen molar-refractivity contribution >= 4 is 17.5 Å². The molecule has 1 saturated carbocycles. The smallest absolute Gasteiger partial charge is 0.340 e. The van der Waals surface area contributed by atoms with Gasteiger partial charge in [0.15, 0.2) is 0 Å². The van der Waals surface area contributed by atoms with Gasteiger partial charge in [0, 0.05) is 23.7 Å². The first-order valence-electron chi connectivity index (χ1n) is 20.5. The third kappa shape index (κ3) is 6.11. The first-order valence-corrected chi connectivity index (χ1v) is 20.5. The molecule has 3 heterocycles. The summed E-state index contributed by atoms with van der Waals surface area (Å²) in [4.78, 5) is 29.0. The lowest BCUT2D eigenvalue weighted by molar-refractivity contribution is -0.135. The van der Waals surface area contributed by atoms with Crippen LogP contribution in [-0.2, 0) is 25.5 Å². The van der Waals surface area contributed by atoms with Crippen LogP contribution in [0.15, 0.2) is 119 Å². The Kier molecular flexibility index (Phi) is 9.63. The van der Waals surface area contributed by atoms with Crippen molar-refractivity contribution in [3.63, 3.8) is 0 Å². The lowest BCUT2D eigenvalue weighted by atomic mass is 9.44. The van der Waals surface area contributed by atoms with Crippen LogP contribution in [0.4, 0.5) is 0 Å². The van der Waals surface area contributed by atoms with E-state index in [1.165, 1.54) is 5.56 Å². The van der Waals surface area contributed by atoms with E-state index < -0.39 is 5.41 Å². The molecule has 0 radical (unpaired) electrons. The second kappa shape index (κ2) is 14.7. The van der Waals surface area contributed by atoms with Gasteiger partial charge in [-0.2, -0.15) is 0 Å². The zero-order valence-corrected chi connectivity index (χ0v) is 31.6. The Bertz CT molecular complexity index is 2110. The van der Waals surface area contributed by atoms with Crippen molar-refractivity contribution < 1.29 is 29.3 Å². The standard InChI is InChI=1S/C48H51NO6/c1-2-29(25-30-9-5-3-6-10-30)26-41-48-22-19-36(42(45(48)47(53)55-41)39-27-34(51)14-15-35(39)32-11-7-4-8-12-32)37-16-17-38-40(54-46(52)43(38)44(37)48)18-13-33(28-50)31-20-23-49-24-21-31/h3-12,14-15,18,26-27,29,31,33,36-37,44,49-51H,2,13,16-17,19-25,28H2,1H3. The summed E-state index contributed by atoms with van der Waals surface area (Å²) in [5.41, 5.74) is 6.53. The third-order valence-corrected chi connectivity index (χ3v) is 13.9. The number of esters is 2. The highest BCUT2D eigenvalue weighted by Gasteiger charge is 2.68. The van der Waals surface area contributed by atoms with E-state index in [0.717, 1.165) is 79.5 Å².